The highest BCUT2D eigenvalue weighted by Crippen LogP contribution is 2.28. The highest BCUT2D eigenvalue weighted by atomic mass is 16.7. The van der Waals surface area contributed by atoms with Crippen molar-refractivity contribution in [2.24, 2.45) is 0 Å². The largest absolute Gasteiger partial charge is 0.466 e. The van der Waals surface area contributed by atoms with Crippen LogP contribution in [0.2, 0.25) is 0 Å². The van der Waals surface area contributed by atoms with Gasteiger partial charge in [-0.1, -0.05) is 76.9 Å². The molecule has 1 aliphatic rings. The first-order chi connectivity index (χ1) is 16.1. The lowest BCUT2D eigenvalue weighted by molar-refractivity contribution is -0.171. The first-order valence-corrected chi connectivity index (χ1v) is 13.8. The molecule has 0 aromatic rings. The van der Waals surface area contributed by atoms with Gasteiger partial charge in [0.1, 0.15) is 6.10 Å². The van der Waals surface area contributed by atoms with Gasteiger partial charge in [-0.05, 0) is 46.0 Å². The van der Waals surface area contributed by atoms with Gasteiger partial charge < -0.3 is 18.9 Å². The Morgan fingerprint density at radius 2 is 1.52 bits per heavy atom. The van der Waals surface area contributed by atoms with Crippen LogP contribution >= 0.6 is 0 Å². The fourth-order valence-electron chi connectivity index (χ4n) is 4.13. The van der Waals surface area contributed by atoms with E-state index in [9.17, 15) is 4.79 Å². The molecule has 0 N–H and O–H groups in total. The molecule has 1 saturated heterocycles. The number of esters is 1. The summed E-state index contributed by atoms with van der Waals surface area (Å²) in [6.07, 6.45) is 23.9. The first kappa shape index (κ1) is 30.1. The Morgan fingerprint density at radius 3 is 2.15 bits per heavy atom. The van der Waals surface area contributed by atoms with E-state index in [1.165, 1.54) is 83.5 Å². The maximum atomic E-state index is 11.5. The van der Waals surface area contributed by atoms with Crippen molar-refractivity contribution in [3.8, 4) is 0 Å². The lowest BCUT2D eigenvalue weighted by Crippen LogP contribution is -2.29. The molecule has 1 heterocycles. The number of rotatable bonds is 22. The van der Waals surface area contributed by atoms with E-state index in [4.69, 9.17) is 18.9 Å². The van der Waals surface area contributed by atoms with Gasteiger partial charge in [0.2, 0.25) is 0 Å². The van der Waals surface area contributed by atoms with E-state index in [1.807, 2.05) is 13.8 Å². The second kappa shape index (κ2) is 20.5. The molecule has 2 atom stereocenters. The van der Waals surface area contributed by atoms with E-state index in [1.54, 1.807) is 0 Å². The molecule has 1 aliphatic heterocycles. The van der Waals surface area contributed by atoms with Crippen molar-refractivity contribution in [3.05, 3.63) is 12.2 Å². The van der Waals surface area contributed by atoms with Crippen LogP contribution in [0, 0.1) is 0 Å². The van der Waals surface area contributed by atoms with E-state index < -0.39 is 5.79 Å². The molecule has 1 fully saturated rings. The van der Waals surface area contributed by atoms with Crippen molar-refractivity contribution >= 4 is 5.97 Å². The smallest absolute Gasteiger partial charge is 0.305 e. The molecule has 0 aromatic carbocycles. The van der Waals surface area contributed by atoms with Gasteiger partial charge in [0, 0.05) is 13.0 Å². The van der Waals surface area contributed by atoms with Gasteiger partial charge in [0.25, 0.3) is 0 Å². The van der Waals surface area contributed by atoms with Crippen LogP contribution in [0.3, 0.4) is 0 Å². The van der Waals surface area contributed by atoms with Gasteiger partial charge in [0.05, 0.1) is 26.2 Å². The molecule has 5 nitrogen and oxygen atoms in total. The van der Waals surface area contributed by atoms with Crippen LogP contribution in [0.25, 0.3) is 0 Å². The average Bonchev–Trinajstić information content (AvgIpc) is 3.18. The topological polar surface area (TPSA) is 54.0 Å². The van der Waals surface area contributed by atoms with Crippen LogP contribution < -0.4 is 0 Å². The molecule has 33 heavy (non-hydrogen) atoms. The van der Waals surface area contributed by atoms with E-state index in [0.717, 1.165) is 13.0 Å². The molecule has 0 bridgehead atoms. The summed E-state index contributed by atoms with van der Waals surface area (Å²) in [5.41, 5.74) is 0. The third kappa shape index (κ3) is 17.2. The van der Waals surface area contributed by atoms with Crippen molar-refractivity contribution in [3.63, 3.8) is 0 Å². The average molecular weight is 469 g/mol. The number of ether oxygens (including phenoxy) is 4. The van der Waals surface area contributed by atoms with Crippen molar-refractivity contribution in [2.45, 2.75) is 135 Å². The van der Waals surface area contributed by atoms with E-state index in [-0.39, 0.29) is 12.1 Å². The standard InChI is InChI=1S/C28H52O5/c1-4-6-7-8-9-10-11-12-13-14-15-16-17-18-19-20-23-30-24-26-25-32-28(3,33-26)22-21-27(29)31-5-2/h12-13,26H,4-11,14-25H2,1-3H3/b13-12+. The highest BCUT2D eigenvalue weighted by molar-refractivity contribution is 5.69. The van der Waals surface area contributed by atoms with Crippen LogP contribution in [0.5, 0.6) is 0 Å². The van der Waals surface area contributed by atoms with Gasteiger partial charge in [-0.3, -0.25) is 4.79 Å². The predicted molar refractivity (Wildman–Crippen MR) is 135 cm³/mol. The lowest BCUT2D eigenvalue weighted by Gasteiger charge is -2.22. The Kier molecular flexibility index (Phi) is 18.7. The molecule has 194 valence electrons. The third-order valence-electron chi connectivity index (χ3n) is 6.18. The second-order valence-corrected chi connectivity index (χ2v) is 9.50. The summed E-state index contributed by atoms with van der Waals surface area (Å²) in [5.74, 6) is -0.907. The summed E-state index contributed by atoms with van der Waals surface area (Å²) in [6, 6.07) is 0. The zero-order valence-corrected chi connectivity index (χ0v) is 21.9. The zero-order valence-electron chi connectivity index (χ0n) is 21.9. The number of allylic oxidation sites excluding steroid dienone is 2. The fourth-order valence-corrected chi connectivity index (χ4v) is 4.13. The molecule has 1 rings (SSSR count). The molecule has 0 radical (unpaired) electrons. The van der Waals surface area contributed by atoms with Gasteiger partial charge in [-0.2, -0.15) is 0 Å². The minimum atomic E-state index is -0.704. The monoisotopic (exact) mass is 468 g/mol. The number of carbonyl (C=O) groups excluding carboxylic acids is 1. The molecule has 0 spiro atoms. The number of hydrogen-bond donors (Lipinski definition) is 0. The number of hydrogen-bond acceptors (Lipinski definition) is 5. The van der Waals surface area contributed by atoms with Crippen LogP contribution in [0.1, 0.15) is 124 Å². The molecular formula is C28H52O5. The van der Waals surface area contributed by atoms with E-state index in [2.05, 4.69) is 19.1 Å². The van der Waals surface area contributed by atoms with E-state index in [0.29, 0.717) is 32.7 Å². The van der Waals surface area contributed by atoms with Crippen molar-refractivity contribution in [1.82, 2.24) is 0 Å². The van der Waals surface area contributed by atoms with Gasteiger partial charge in [-0.25, -0.2) is 0 Å². The quantitative estimate of drug-likeness (QED) is 0.0934. The van der Waals surface area contributed by atoms with Crippen LogP contribution in [0.15, 0.2) is 12.2 Å². The van der Waals surface area contributed by atoms with Gasteiger partial charge in [-0.15, -0.1) is 0 Å². The minimum absolute atomic E-state index is 0.0497. The molecule has 5 heteroatoms. The Labute approximate surface area is 204 Å². The molecule has 0 aliphatic carbocycles. The highest BCUT2D eigenvalue weighted by Gasteiger charge is 2.37. The zero-order chi connectivity index (χ0) is 24.0. The Morgan fingerprint density at radius 1 is 0.909 bits per heavy atom. The van der Waals surface area contributed by atoms with Gasteiger partial charge >= 0.3 is 5.97 Å². The summed E-state index contributed by atoms with van der Waals surface area (Å²) in [7, 11) is 0. The van der Waals surface area contributed by atoms with Crippen molar-refractivity contribution in [2.75, 3.05) is 26.4 Å². The molecule has 2 unspecified atom stereocenters. The second-order valence-electron chi connectivity index (χ2n) is 9.50. The summed E-state index contributed by atoms with van der Waals surface area (Å²) < 4.78 is 22.5. The summed E-state index contributed by atoms with van der Waals surface area (Å²) >= 11 is 0. The molecule has 0 aromatic heterocycles. The van der Waals surface area contributed by atoms with Gasteiger partial charge in [0.15, 0.2) is 5.79 Å². The number of carbonyl (C=O) groups is 1. The first-order valence-electron chi connectivity index (χ1n) is 13.8. The molecular weight excluding hydrogens is 416 g/mol. The Balaban J connectivity index is 1.84. The SMILES string of the molecule is CCCCCCCC/C=C/CCCCCCCCOCC1COC(C)(CCC(=O)OCC)O1. The van der Waals surface area contributed by atoms with E-state index >= 15 is 0 Å². The maximum absolute atomic E-state index is 11.5. The maximum Gasteiger partial charge on any atom is 0.305 e. The third-order valence-corrected chi connectivity index (χ3v) is 6.18. The van der Waals surface area contributed by atoms with Crippen LogP contribution in [-0.4, -0.2) is 44.3 Å². The Bertz CT molecular complexity index is 493. The summed E-state index contributed by atoms with van der Waals surface area (Å²) in [6.45, 7) is 8.23. The van der Waals surface area contributed by atoms with Crippen LogP contribution in [0.4, 0.5) is 0 Å². The van der Waals surface area contributed by atoms with Crippen LogP contribution in [-0.2, 0) is 23.7 Å². The number of unbranched alkanes of at least 4 members (excludes halogenated alkanes) is 12. The fraction of sp³-hybridized carbons (Fsp3) is 0.893. The summed E-state index contributed by atoms with van der Waals surface area (Å²) in [5, 5.41) is 0. The molecule has 0 amide bonds. The predicted octanol–water partition coefficient (Wildman–Crippen LogP) is 7.52. The van der Waals surface area contributed by atoms with Crippen molar-refractivity contribution in [1.29, 1.82) is 0 Å². The minimum Gasteiger partial charge on any atom is -0.466 e. The summed E-state index contributed by atoms with van der Waals surface area (Å²) in [4.78, 5) is 11.5. The molecule has 0 saturated carbocycles. The normalized spacial score (nSPS) is 20.6. The van der Waals surface area contributed by atoms with Crippen molar-refractivity contribution < 1.29 is 23.7 Å². The lowest BCUT2D eigenvalue weighted by atomic mass is 10.1. The Hall–Kier alpha value is -0.910.